The lowest BCUT2D eigenvalue weighted by atomic mass is 10.1. The van der Waals surface area contributed by atoms with Crippen LogP contribution in [0, 0.1) is 5.82 Å². The number of rotatable bonds is 4. The fourth-order valence-electron chi connectivity index (χ4n) is 1.59. The van der Waals surface area contributed by atoms with Gasteiger partial charge in [0.05, 0.1) is 0 Å². The third kappa shape index (κ3) is 4.42. The number of nitrogens with one attached hydrogen (secondary N) is 2. The lowest BCUT2D eigenvalue weighted by Crippen LogP contribution is -2.40. The minimum absolute atomic E-state index is 0.181. The molecule has 0 aliphatic carbocycles. The molecule has 0 saturated carbocycles. The molecule has 4 nitrogen and oxygen atoms in total. The molecule has 0 heterocycles. The highest BCUT2D eigenvalue weighted by Gasteiger charge is 2.26. The molecule has 0 amide bonds. The summed E-state index contributed by atoms with van der Waals surface area (Å²) in [6.07, 6.45) is 0. The van der Waals surface area contributed by atoms with Gasteiger partial charge in [-0.2, -0.15) is 0 Å². The van der Waals surface area contributed by atoms with Gasteiger partial charge in [0.25, 0.3) is 0 Å². The minimum atomic E-state index is -3.95. The molecule has 108 valence electrons. The van der Waals surface area contributed by atoms with E-state index in [-0.39, 0.29) is 17.1 Å². The van der Waals surface area contributed by atoms with E-state index in [1.54, 1.807) is 27.8 Å². The lowest BCUT2D eigenvalue weighted by molar-refractivity contribution is 0.485. The molecular formula is C12H18ClFN2O2S. The van der Waals surface area contributed by atoms with Crippen molar-refractivity contribution in [1.82, 2.24) is 10.0 Å². The van der Waals surface area contributed by atoms with Gasteiger partial charge < -0.3 is 5.32 Å². The van der Waals surface area contributed by atoms with Crippen LogP contribution in [0.1, 0.15) is 26.3 Å². The van der Waals surface area contributed by atoms with E-state index in [1.807, 2.05) is 0 Å². The molecule has 19 heavy (non-hydrogen) atoms. The third-order valence-electron chi connectivity index (χ3n) is 2.18. The van der Waals surface area contributed by atoms with Crippen molar-refractivity contribution in [2.24, 2.45) is 0 Å². The largest absolute Gasteiger partial charge is 0.316 e. The van der Waals surface area contributed by atoms with E-state index in [4.69, 9.17) is 11.6 Å². The van der Waals surface area contributed by atoms with Crippen molar-refractivity contribution in [1.29, 1.82) is 0 Å². The molecule has 7 heteroatoms. The average molecular weight is 309 g/mol. The zero-order valence-corrected chi connectivity index (χ0v) is 12.9. The number of halogens is 2. The molecule has 0 saturated heterocycles. The van der Waals surface area contributed by atoms with Gasteiger partial charge in [0.2, 0.25) is 10.0 Å². The van der Waals surface area contributed by atoms with Gasteiger partial charge in [-0.25, -0.2) is 17.5 Å². The molecule has 0 unspecified atom stereocenters. The summed E-state index contributed by atoms with van der Waals surface area (Å²) >= 11 is 5.85. The second kappa shape index (κ2) is 5.75. The molecule has 0 aliphatic rings. The van der Waals surface area contributed by atoms with E-state index in [0.717, 1.165) is 6.07 Å². The predicted molar refractivity (Wildman–Crippen MR) is 74.2 cm³/mol. The smallest absolute Gasteiger partial charge is 0.244 e. The highest BCUT2D eigenvalue weighted by molar-refractivity contribution is 7.89. The molecule has 1 aromatic carbocycles. The Morgan fingerprint density at radius 2 is 1.89 bits per heavy atom. The molecule has 0 fully saturated rings. The average Bonchev–Trinajstić information content (AvgIpc) is 2.19. The van der Waals surface area contributed by atoms with Crippen LogP contribution in [0.2, 0.25) is 5.02 Å². The second-order valence-electron chi connectivity index (χ2n) is 5.26. The third-order valence-corrected chi connectivity index (χ3v) is 4.15. The van der Waals surface area contributed by atoms with Gasteiger partial charge in [-0.3, -0.25) is 0 Å². The van der Waals surface area contributed by atoms with Gasteiger partial charge in [0.1, 0.15) is 10.7 Å². The Morgan fingerprint density at radius 3 is 2.37 bits per heavy atom. The fourth-order valence-corrected chi connectivity index (χ4v) is 3.46. The SMILES string of the molecule is CNCc1cc(Cl)cc(S(=O)(=O)NC(C)(C)C)c1F. The molecule has 0 aromatic heterocycles. The van der Waals surface area contributed by atoms with Crippen molar-refractivity contribution >= 4 is 21.6 Å². The molecule has 1 aromatic rings. The van der Waals surface area contributed by atoms with Crippen LogP contribution in [0.15, 0.2) is 17.0 Å². The Labute approximate surface area is 118 Å². The van der Waals surface area contributed by atoms with E-state index >= 15 is 0 Å². The maximum absolute atomic E-state index is 14.2. The molecule has 1 rings (SSSR count). The topological polar surface area (TPSA) is 58.2 Å². The Morgan fingerprint density at radius 1 is 1.32 bits per heavy atom. The quantitative estimate of drug-likeness (QED) is 0.897. The van der Waals surface area contributed by atoms with Gasteiger partial charge in [-0.05, 0) is 40.0 Å². The second-order valence-corrected chi connectivity index (χ2v) is 7.35. The monoisotopic (exact) mass is 308 g/mol. The fraction of sp³-hybridized carbons (Fsp3) is 0.500. The Kier molecular flexibility index (Phi) is 4.95. The first-order valence-electron chi connectivity index (χ1n) is 5.73. The van der Waals surface area contributed by atoms with Crippen LogP contribution in [0.25, 0.3) is 0 Å². The Bertz CT molecular complexity index is 568. The molecule has 0 aliphatic heterocycles. The van der Waals surface area contributed by atoms with Gasteiger partial charge in [-0.15, -0.1) is 0 Å². The maximum Gasteiger partial charge on any atom is 0.244 e. The van der Waals surface area contributed by atoms with Crippen molar-refractivity contribution in [3.8, 4) is 0 Å². The summed E-state index contributed by atoms with van der Waals surface area (Å²) in [5.74, 6) is -0.782. The van der Waals surface area contributed by atoms with Gasteiger partial charge >= 0.3 is 0 Å². The van der Waals surface area contributed by atoms with Gasteiger partial charge in [0, 0.05) is 22.7 Å². The minimum Gasteiger partial charge on any atom is -0.316 e. The summed E-state index contributed by atoms with van der Waals surface area (Å²) in [5.41, 5.74) is -0.485. The van der Waals surface area contributed by atoms with E-state index < -0.39 is 26.3 Å². The summed E-state index contributed by atoms with van der Waals surface area (Å²) in [5, 5.41) is 2.95. The van der Waals surface area contributed by atoms with Crippen molar-refractivity contribution in [3.63, 3.8) is 0 Å². The van der Waals surface area contributed by atoms with E-state index in [0.29, 0.717) is 0 Å². The van der Waals surface area contributed by atoms with Crippen LogP contribution in [0.5, 0.6) is 0 Å². The van der Waals surface area contributed by atoms with Crippen LogP contribution in [-0.2, 0) is 16.6 Å². The van der Waals surface area contributed by atoms with Crippen LogP contribution in [0.3, 0.4) is 0 Å². The normalized spacial score (nSPS) is 12.7. The van der Waals surface area contributed by atoms with Crippen LogP contribution >= 0.6 is 11.6 Å². The summed E-state index contributed by atoms with van der Waals surface area (Å²) in [4.78, 5) is -0.430. The van der Waals surface area contributed by atoms with E-state index in [2.05, 4.69) is 10.0 Å². The maximum atomic E-state index is 14.2. The first kappa shape index (κ1) is 16.4. The van der Waals surface area contributed by atoms with Crippen molar-refractivity contribution in [2.75, 3.05) is 7.05 Å². The van der Waals surface area contributed by atoms with Crippen LogP contribution in [-0.4, -0.2) is 21.0 Å². The highest BCUT2D eigenvalue weighted by atomic mass is 35.5. The summed E-state index contributed by atoms with van der Waals surface area (Å²) in [6.45, 7) is 5.25. The van der Waals surface area contributed by atoms with Crippen LogP contribution < -0.4 is 10.0 Å². The number of hydrogen-bond donors (Lipinski definition) is 2. The number of benzene rings is 1. The summed E-state index contributed by atoms with van der Waals surface area (Å²) < 4.78 is 40.9. The standard InChI is InChI=1S/C12H18ClFN2O2S/c1-12(2,3)16-19(17,18)10-6-9(13)5-8(7-15-4)11(10)14/h5-6,15-16H,7H2,1-4H3. The van der Waals surface area contributed by atoms with Gasteiger partial charge in [-0.1, -0.05) is 11.6 Å². The summed E-state index contributed by atoms with van der Waals surface area (Å²) in [6, 6.07) is 2.52. The number of hydrogen-bond acceptors (Lipinski definition) is 3. The highest BCUT2D eigenvalue weighted by Crippen LogP contribution is 2.24. The molecule has 2 N–H and O–H groups in total. The molecule has 0 spiro atoms. The van der Waals surface area contributed by atoms with E-state index in [1.165, 1.54) is 6.07 Å². The van der Waals surface area contributed by atoms with Crippen molar-refractivity contribution in [3.05, 3.63) is 28.5 Å². The zero-order chi connectivity index (χ0) is 14.8. The first-order valence-corrected chi connectivity index (χ1v) is 7.59. The van der Waals surface area contributed by atoms with Crippen molar-refractivity contribution < 1.29 is 12.8 Å². The molecule has 0 atom stereocenters. The van der Waals surface area contributed by atoms with Crippen LogP contribution in [0.4, 0.5) is 4.39 Å². The van der Waals surface area contributed by atoms with Gasteiger partial charge in [0.15, 0.2) is 0 Å². The Hall–Kier alpha value is -0.690. The zero-order valence-electron chi connectivity index (χ0n) is 11.3. The van der Waals surface area contributed by atoms with Crippen molar-refractivity contribution in [2.45, 2.75) is 37.8 Å². The molecule has 0 bridgehead atoms. The Balaban J connectivity index is 3.34. The first-order chi connectivity index (χ1) is 8.57. The number of sulfonamides is 1. The summed E-state index contributed by atoms with van der Waals surface area (Å²) in [7, 11) is -2.31. The molecule has 0 radical (unpaired) electrons. The predicted octanol–water partition coefficient (Wildman–Crippen LogP) is 2.28. The lowest BCUT2D eigenvalue weighted by Gasteiger charge is -2.21. The molecular weight excluding hydrogens is 291 g/mol. The van der Waals surface area contributed by atoms with E-state index in [9.17, 15) is 12.8 Å².